The van der Waals surface area contributed by atoms with Crippen molar-refractivity contribution >= 4 is 5.82 Å². The Hall–Kier alpha value is -2.35. The summed E-state index contributed by atoms with van der Waals surface area (Å²) in [6, 6.07) is 4.32. The summed E-state index contributed by atoms with van der Waals surface area (Å²) in [6.07, 6.45) is 8.29. The van der Waals surface area contributed by atoms with Gasteiger partial charge >= 0.3 is 0 Å². The minimum atomic E-state index is 0.669. The molecular formula is C16H19N5. The zero-order valence-corrected chi connectivity index (χ0v) is 12.5. The number of anilines is 1. The van der Waals surface area contributed by atoms with Crippen molar-refractivity contribution in [2.24, 2.45) is 7.05 Å². The molecule has 21 heavy (non-hydrogen) atoms. The van der Waals surface area contributed by atoms with Crippen molar-refractivity contribution in [3.05, 3.63) is 40.8 Å². The molecule has 3 rings (SSSR count). The Morgan fingerprint density at radius 1 is 1.38 bits per heavy atom. The van der Waals surface area contributed by atoms with Gasteiger partial charge in [0.1, 0.15) is 11.9 Å². The minimum Gasteiger partial charge on any atom is -0.354 e. The van der Waals surface area contributed by atoms with Crippen LogP contribution >= 0.6 is 0 Å². The number of rotatable bonds is 3. The van der Waals surface area contributed by atoms with Gasteiger partial charge in [-0.3, -0.25) is 4.68 Å². The van der Waals surface area contributed by atoms with E-state index in [0.29, 0.717) is 12.1 Å². The van der Waals surface area contributed by atoms with Crippen molar-refractivity contribution in [2.45, 2.75) is 32.2 Å². The van der Waals surface area contributed by atoms with Crippen LogP contribution < -0.4 is 4.90 Å². The highest BCUT2D eigenvalue weighted by molar-refractivity contribution is 5.56. The highest BCUT2D eigenvalue weighted by Gasteiger charge is 2.17. The lowest BCUT2D eigenvalue weighted by Crippen LogP contribution is -2.20. The van der Waals surface area contributed by atoms with Crippen LogP contribution in [0, 0.1) is 11.3 Å². The summed E-state index contributed by atoms with van der Waals surface area (Å²) in [5.41, 5.74) is 4.19. The van der Waals surface area contributed by atoms with E-state index in [-0.39, 0.29) is 0 Å². The smallest absolute Gasteiger partial charge is 0.146 e. The third-order valence-electron chi connectivity index (χ3n) is 3.94. The Morgan fingerprint density at radius 2 is 2.19 bits per heavy atom. The van der Waals surface area contributed by atoms with Crippen LogP contribution in [0.15, 0.2) is 18.5 Å². The average molecular weight is 281 g/mol. The van der Waals surface area contributed by atoms with E-state index in [4.69, 9.17) is 4.98 Å². The maximum atomic E-state index is 9.41. The lowest BCUT2D eigenvalue weighted by atomic mass is 9.95. The number of nitriles is 1. The van der Waals surface area contributed by atoms with Gasteiger partial charge in [-0.05, 0) is 37.3 Å². The van der Waals surface area contributed by atoms with E-state index in [0.717, 1.165) is 29.9 Å². The SMILES string of the molecule is CN(Cc1cnn(C)c1)c1nc2c(cc1C#N)CCCC2. The van der Waals surface area contributed by atoms with Crippen molar-refractivity contribution in [2.75, 3.05) is 11.9 Å². The molecule has 0 saturated carbocycles. The fourth-order valence-corrected chi connectivity index (χ4v) is 2.90. The second-order valence-corrected chi connectivity index (χ2v) is 5.66. The van der Waals surface area contributed by atoms with Crippen molar-refractivity contribution < 1.29 is 0 Å². The molecule has 0 saturated heterocycles. The van der Waals surface area contributed by atoms with Crippen LogP contribution in [0.3, 0.4) is 0 Å². The zero-order chi connectivity index (χ0) is 14.8. The molecule has 1 aliphatic rings. The molecule has 5 nitrogen and oxygen atoms in total. The summed E-state index contributed by atoms with van der Waals surface area (Å²) in [5, 5.41) is 13.6. The quantitative estimate of drug-likeness (QED) is 0.865. The number of fused-ring (bicyclic) bond motifs is 1. The number of aryl methyl sites for hydroxylation is 3. The topological polar surface area (TPSA) is 57.7 Å². The van der Waals surface area contributed by atoms with Crippen molar-refractivity contribution in [3.63, 3.8) is 0 Å². The molecule has 0 N–H and O–H groups in total. The first-order chi connectivity index (χ1) is 10.2. The first kappa shape index (κ1) is 13.6. The van der Waals surface area contributed by atoms with E-state index in [9.17, 15) is 5.26 Å². The van der Waals surface area contributed by atoms with Gasteiger partial charge in [-0.25, -0.2) is 4.98 Å². The summed E-state index contributed by atoms with van der Waals surface area (Å²) >= 11 is 0. The van der Waals surface area contributed by atoms with Crippen LogP contribution in [0.1, 0.15) is 35.2 Å². The van der Waals surface area contributed by atoms with Crippen LogP contribution in [-0.2, 0) is 26.4 Å². The van der Waals surface area contributed by atoms with Crippen LogP contribution in [-0.4, -0.2) is 21.8 Å². The summed E-state index contributed by atoms with van der Waals surface area (Å²) in [6.45, 7) is 0.703. The molecule has 1 aliphatic carbocycles. The predicted octanol–water partition coefficient (Wildman–Crippen LogP) is 2.20. The molecule has 0 spiro atoms. The van der Waals surface area contributed by atoms with E-state index >= 15 is 0 Å². The molecule has 0 radical (unpaired) electrons. The molecule has 0 amide bonds. The Morgan fingerprint density at radius 3 is 2.90 bits per heavy atom. The minimum absolute atomic E-state index is 0.669. The predicted molar refractivity (Wildman–Crippen MR) is 80.9 cm³/mol. The summed E-state index contributed by atoms with van der Waals surface area (Å²) in [5.74, 6) is 0.780. The van der Waals surface area contributed by atoms with Crippen molar-refractivity contribution in [1.82, 2.24) is 14.8 Å². The van der Waals surface area contributed by atoms with Gasteiger partial charge in [-0.15, -0.1) is 0 Å². The average Bonchev–Trinajstić information content (AvgIpc) is 2.90. The molecule has 0 aliphatic heterocycles. The lowest BCUT2D eigenvalue weighted by Gasteiger charge is -2.22. The molecule has 108 valence electrons. The van der Waals surface area contributed by atoms with Gasteiger partial charge < -0.3 is 4.90 Å². The maximum Gasteiger partial charge on any atom is 0.146 e. The van der Waals surface area contributed by atoms with Crippen LogP contribution in [0.25, 0.3) is 0 Å². The molecule has 0 bridgehead atoms. The molecule has 5 heteroatoms. The molecule has 0 atom stereocenters. The van der Waals surface area contributed by atoms with Crippen LogP contribution in [0.4, 0.5) is 5.82 Å². The Labute approximate surface area is 124 Å². The zero-order valence-electron chi connectivity index (χ0n) is 12.5. The Balaban J connectivity index is 1.91. The number of nitrogens with zero attached hydrogens (tertiary/aromatic N) is 5. The van der Waals surface area contributed by atoms with E-state index in [2.05, 4.69) is 11.2 Å². The molecular weight excluding hydrogens is 262 g/mol. The molecule has 0 unspecified atom stereocenters. The first-order valence-electron chi connectivity index (χ1n) is 7.29. The monoisotopic (exact) mass is 281 g/mol. The van der Waals surface area contributed by atoms with E-state index in [1.807, 2.05) is 37.5 Å². The molecule has 0 aromatic carbocycles. The van der Waals surface area contributed by atoms with Gasteiger partial charge in [-0.2, -0.15) is 10.4 Å². The summed E-state index contributed by atoms with van der Waals surface area (Å²) < 4.78 is 1.79. The second kappa shape index (κ2) is 5.57. The molecule has 2 aromatic heterocycles. The fourth-order valence-electron chi connectivity index (χ4n) is 2.90. The van der Waals surface area contributed by atoms with Gasteiger partial charge in [-0.1, -0.05) is 0 Å². The van der Waals surface area contributed by atoms with E-state index < -0.39 is 0 Å². The Bertz CT molecular complexity index is 695. The largest absolute Gasteiger partial charge is 0.354 e. The van der Waals surface area contributed by atoms with Gasteiger partial charge in [0.25, 0.3) is 0 Å². The number of hydrogen-bond donors (Lipinski definition) is 0. The fraction of sp³-hybridized carbons (Fsp3) is 0.438. The van der Waals surface area contributed by atoms with Crippen molar-refractivity contribution in [3.8, 4) is 6.07 Å². The maximum absolute atomic E-state index is 9.41. The highest BCUT2D eigenvalue weighted by Crippen LogP contribution is 2.26. The van der Waals surface area contributed by atoms with Gasteiger partial charge in [0.05, 0.1) is 11.8 Å². The Kier molecular flexibility index (Phi) is 3.61. The number of hydrogen-bond acceptors (Lipinski definition) is 4. The number of pyridine rings is 1. The highest BCUT2D eigenvalue weighted by atomic mass is 15.2. The van der Waals surface area contributed by atoms with Crippen LogP contribution in [0.2, 0.25) is 0 Å². The van der Waals surface area contributed by atoms with Gasteiger partial charge in [0, 0.05) is 38.1 Å². The third-order valence-corrected chi connectivity index (χ3v) is 3.94. The lowest BCUT2D eigenvalue weighted by molar-refractivity contribution is 0.665. The number of aromatic nitrogens is 3. The normalized spacial score (nSPS) is 13.6. The standard InChI is InChI=1S/C16H19N5/c1-20(10-12-9-18-21(2)11-12)16-14(8-17)7-13-5-3-4-6-15(13)19-16/h7,9,11H,3-6,10H2,1-2H3. The summed E-state index contributed by atoms with van der Waals surface area (Å²) in [4.78, 5) is 6.80. The third kappa shape index (κ3) is 2.75. The van der Waals surface area contributed by atoms with Crippen LogP contribution in [0.5, 0.6) is 0 Å². The van der Waals surface area contributed by atoms with Gasteiger partial charge in [0.15, 0.2) is 0 Å². The van der Waals surface area contributed by atoms with E-state index in [1.165, 1.54) is 18.4 Å². The van der Waals surface area contributed by atoms with Gasteiger partial charge in [0.2, 0.25) is 0 Å². The van der Waals surface area contributed by atoms with E-state index in [1.54, 1.807) is 4.68 Å². The molecule has 0 fully saturated rings. The summed E-state index contributed by atoms with van der Waals surface area (Å²) in [7, 11) is 3.88. The second-order valence-electron chi connectivity index (χ2n) is 5.66. The first-order valence-corrected chi connectivity index (χ1v) is 7.29. The van der Waals surface area contributed by atoms with Crippen molar-refractivity contribution in [1.29, 1.82) is 5.26 Å². The molecule has 2 heterocycles. The molecule has 2 aromatic rings.